The van der Waals surface area contributed by atoms with Crippen LogP contribution in [0, 0.1) is 0 Å². The fourth-order valence-electron chi connectivity index (χ4n) is 13.1. The third-order valence-corrected chi connectivity index (χ3v) is 17.0. The molecule has 0 radical (unpaired) electrons. The van der Waals surface area contributed by atoms with E-state index in [-0.39, 0.29) is 39.1 Å². The molecule has 448 valence electrons. The zero-order valence-corrected chi connectivity index (χ0v) is 43.8. The number of aromatic hydroxyl groups is 17. The molecule has 0 saturated heterocycles. The highest BCUT2D eigenvalue weighted by molar-refractivity contribution is 5.75. The van der Waals surface area contributed by atoms with Crippen molar-refractivity contribution in [1.82, 2.24) is 0 Å². The minimum atomic E-state index is -2.89. The molecular weight excluding hydrogens is 1150 g/mol. The van der Waals surface area contributed by atoms with Gasteiger partial charge in [-0.3, -0.25) is 0 Å². The van der Waals surface area contributed by atoms with Gasteiger partial charge in [-0.25, -0.2) is 0 Å². The van der Waals surface area contributed by atoms with Crippen molar-refractivity contribution in [3.8, 4) is 132 Å². The van der Waals surface area contributed by atoms with Crippen LogP contribution in [0.1, 0.15) is 91.2 Å². The minimum Gasteiger partial charge on any atom is -0.508 e. The van der Waals surface area contributed by atoms with Crippen LogP contribution in [0.2, 0.25) is 0 Å². The van der Waals surface area contributed by atoms with Gasteiger partial charge in [-0.2, -0.15) is 0 Å². The highest BCUT2D eigenvalue weighted by Crippen LogP contribution is 2.69. The first kappa shape index (κ1) is 54.0. The van der Waals surface area contributed by atoms with Crippen molar-refractivity contribution in [2.45, 2.75) is 72.4 Å². The Morgan fingerprint density at radius 1 is 0.333 bits per heavy atom. The standard InChI is InChI=1S/C60H46O27/c61-20-10-25(65)39-36(11-20)84-59(18-6-31(71)49(77)32(72)7-18)57(80)46(39)44-38(85-59)15-28(68)40-45(51(79)53(83-55(40)44)17-4-29(69)48(76)30(70)5-17)41-26(66)13-27(67)42-47-43-37(86-60(58(47)81,87-56(41)42)19-8-33(73)50(78)34(74)9-19)14-23(63)21-12-35(75)52(82-54(21)43)16-1-2-22(62)24(64)3-16/h1-11,13-15,35,45-47,51-53,57-58,61-81H,12H2/t35-,45-,46-,47-,51+,52+,53+,57-,58-,59+,60-/m0/s1. The summed E-state index contributed by atoms with van der Waals surface area (Å²) in [4.78, 5) is 0. The predicted octanol–water partition coefficient (Wildman–Crippen LogP) is 4.61. The second-order valence-electron chi connectivity index (χ2n) is 21.9. The molecule has 4 bridgehead atoms. The number of aliphatic hydroxyl groups is 4. The first-order valence-electron chi connectivity index (χ1n) is 26.3. The summed E-state index contributed by atoms with van der Waals surface area (Å²) in [7, 11) is 0. The number of ether oxygens (including phenoxy) is 6. The fourth-order valence-corrected chi connectivity index (χ4v) is 13.1. The van der Waals surface area contributed by atoms with Crippen LogP contribution in [-0.4, -0.2) is 132 Å². The maximum absolute atomic E-state index is 13.2. The van der Waals surface area contributed by atoms with E-state index in [0.29, 0.717) is 0 Å². The Balaban J connectivity index is 1.06. The number of fused-ring (bicyclic) bond motifs is 16. The van der Waals surface area contributed by atoms with Crippen molar-refractivity contribution < 1.29 is 136 Å². The molecule has 11 atom stereocenters. The number of phenolic OH excluding ortho intramolecular Hbond substituents is 17. The van der Waals surface area contributed by atoms with Crippen LogP contribution < -0.4 is 28.4 Å². The zero-order chi connectivity index (χ0) is 61.7. The fraction of sp³-hybridized carbons (Fsp3) is 0.200. The van der Waals surface area contributed by atoms with E-state index in [1.54, 1.807) is 0 Å². The molecule has 87 heavy (non-hydrogen) atoms. The van der Waals surface area contributed by atoms with E-state index in [4.69, 9.17) is 28.4 Å². The molecule has 0 fully saturated rings. The number of aliphatic hydroxyl groups excluding tert-OH is 4. The smallest absolute Gasteiger partial charge is 0.305 e. The van der Waals surface area contributed by atoms with Gasteiger partial charge in [0.1, 0.15) is 93.4 Å². The largest absolute Gasteiger partial charge is 0.508 e. The summed E-state index contributed by atoms with van der Waals surface area (Å²) < 4.78 is 39.2. The number of hydrogen-bond donors (Lipinski definition) is 21. The van der Waals surface area contributed by atoms with E-state index in [1.165, 1.54) is 6.07 Å². The summed E-state index contributed by atoms with van der Waals surface area (Å²) in [6, 6.07) is 13.1. The van der Waals surface area contributed by atoms with E-state index in [2.05, 4.69) is 0 Å². The van der Waals surface area contributed by atoms with Gasteiger partial charge in [0.15, 0.2) is 69.3 Å². The Morgan fingerprint density at radius 2 is 0.770 bits per heavy atom. The second-order valence-corrected chi connectivity index (χ2v) is 21.9. The molecule has 0 saturated carbocycles. The lowest BCUT2D eigenvalue weighted by atomic mass is 9.70. The Hall–Kier alpha value is -11.0. The number of rotatable bonds is 5. The van der Waals surface area contributed by atoms with E-state index in [1.807, 2.05) is 0 Å². The summed E-state index contributed by atoms with van der Waals surface area (Å²) in [5, 5.41) is 240. The molecule has 0 aliphatic carbocycles. The molecule has 0 amide bonds. The molecule has 0 unspecified atom stereocenters. The van der Waals surface area contributed by atoms with Gasteiger partial charge in [-0.1, -0.05) is 6.07 Å². The average Bonchev–Trinajstić information content (AvgIpc) is 0.695. The Kier molecular flexibility index (Phi) is 11.2. The SMILES string of the molecule is Oc1cc(O)c2c(c1)O[C@]1(c3cc(O)c(O)c(O)c3)Oc3cc(O)c4c(c3[C@H]2[C@@H]1O)O[C@H](c1cc(O)c(O)c(O)c1)[C@H](O)[C@@H]4c1c(O)cc(O)c2c1O[C@]1(c3cc(O)c(O)c(O)c3)Oc3cc(O)c4c(c3[C@H]2[C@@H]1O)O[C@H](c1ccc(O)c(O)c1)[C@@H](O)C4. The van der Waals surface area contributed by atoms with Crippen molar-refractivity contribution in [3.63, 3.8) is 0 Å². The Bertz CT molecular complexity index is 4290. The van der Waals surface area contributed by atoms with Crippen LogP contribution in [0.3, 0.4) is 0 Å². The van der Waals surface area contributed by atoms with E-state index in [9.17, 15) is 107 Å². The third kappa shape index (κ3) is 7.30. The second kappa shape index (κ2) is 18.0. The molecule has 6 heterocycles. The van der Waals surface area contributed by atoms with E-state index in [0.717, 1.165) is 78.9 Å². The zero-order valence-electron chi connectivity index (χ0n) is 43.8. The molecule has 8 aromatic rings. The summed E-state index contributed by atoms with van der Waals surface area (Å²) >= 11 is 0. The first-order chi connectivity index (χ1) is 41.2. The molecular formula is C60H46O27. The van der Waals surface area contributed by atoms with Gasteiger partial charge in [0.2, 0.25) is 0 Å². The molecule has 14 rings (SSSR count). The van der Waals surface area contributed by atoms with Gasteiger partial charge in [0, 0.05) is 92.4 Å². The van der Waals surface area contributed by atoms with Crippen LogP contribution in [-0.2, 0) is 18.0 Å². The van der Waals surface area contributed by atoms with Crippen molar-refractivity contribution in [1.29, 1.82) is 0 Å². The van der Waals surface area contributed by atoms with Crippen LogP contribution in [0.25, 0.3) is 0 Å². The van der Waals surface area contributed by atoms with Crippen LogP contribution >= 0.6 is 0 Å². The number of phenols is 17. The lowest BCUT2D eigenvalue weighted by Gasteiger charge is -2.52. The highest BCUT2D eigenvalue weighted by Gasteiger charge is 2.64. The van der Waals surface area contributed by atoms with Gasteiger partial charge in [0.25, 0.3) is 0 Å². The van der Waals surface area contributed by atoms with Gasteiger partial charge in [0.05, 0.1) is 23.9 Å². The monoisotopic (exact) mass is 1200 g/mol. The van der Waals surface area contributed by atoms with Gasteiger partial charge < -0.3 is 136 Å². The van der Waals surface area contributed by atoms with Crippen LogP contribution in [0.5, 0.6) is 132 Å². The van der Waals surface area contributed by atoms with Crippen LogP contribution in [0.15, 0.2) is 84.9 Å². The molecule has 27 heteroatoms. The summed E-state index contributed by atoms with van der Waals surface area (Å²) in [6.07, 6.45) is -12.0. The summed E-state index contributed by atoms with van der Waals surface area (Å²) in [5.41, 5.74) is -3.90. The normalized spacial score (nSPS) is 25.8. The topological polar surface area (TPSA) is 480 Å². The summed E-state index contributed by atoms with van der Waals surface area (Å²) in [6.45, 7) is 0. The van der Waals surface area contributed by atoms with E-state index >= 15 is 0 Å². The average molecular weight is 1200 g/mol. The molecule has 8 aromatic carbocycles. The van der Waals surface area contributed by atoms with Gasteiger partial charge in [-0.15, -0.1) is 0 Å². The van der Waals surface area contributed by atoms with Gasteiger partial charge in [-0.05, 0) is 54.1 Å². The third-order valence-electron chi connectivity index (χ3n) is 17.0. The van der Waals surface area contributed by atoms with E-state index < -0.39 is 227 Å². The molecule has 0 aromatic heterocycles. The molecule has 21 N–H and O–H groups in total. The summed E-state index contributed by atoms with van der Waals surface area (Å²) in [5.74, 6) is -29.0. The molecule has 27 nitrogen and oxygen atoms in total. The van der Waals surface area contributed by atoms with Crippen molar-refractivity contribution >= 4 is 0 Å². The number of hydrogen-bond acceptors (Lipinski definition) is 27. The molecule has 6 aliphatic heterocycles. The lowest BCUT2D eigenvalue weighted by molar-refractivity contribution is -0.219. The minimum absolute atomic E-state index is 0.0868. The van der Waals surface area contributed by atoms with Crippen LogP contribution in [0.4, 0.5) is 0 Å². The lowest BCUT2D eigenvalue weighted by Crippen LogP contribution is -2.58. The molecule has 0 spiro atoms. The van der Waals surface area contributed by atoms with Crippen molar-refractivity contribution in [2.24, 2.45) is 0 Å². The first-order valence-corrected chi connectivity index (χ1v) is 26.3. The Labute approximate surface area is 485 Å². The highest BCUT2D eigenvalue weighted by atomic mass is 16.7. The molecule has 6 aliphatic rings. The van der Waals surface area contributed by atoms with Crippen molar-refractivity contribution in [3.05, 3.63) is 146 Å². The maximum Gasteiger partial charge on any atom is 0.305 e. The Morgan fingerprint density at radius 3 is 1.33 bits per heavy atom. The predicted molar refractivity (Wildman–Crippen MR) is 286 cm³/mol. The quantitative estimate of drug-likeness (QED) is 0.105. The van der Waals surface area contributed by atoms with Crippen molar-refractivity contribution in [2.75, 3.05) is 0 Å². The number of benzene rings is 8. The van der Waals surface area contributed by atoms with Gasteiger partial charge >= 0.3 is 11.6 Å². The maximum atomic E-state index is 13.2.